The van der Waals surface area contributed by atoms with Gasteiger partial charge in [0.05, 0.1) is 7.11 Å². The number of likely N-dealkylation sites (tertiary alicyclic amines) is 1. The normalized spacial score (nSPS) is 23.6. The lowest BCUT2D eigenvalue weighted by molar-refractivity contribution is -0.132. The Morgan fingerprint density at radius 2 is 2.19 bits per heavy atom. The van der Waals surface area contributed by atoms with E-state index in [-0.39, 0.29) is 17.7 Å². The van der Waals surface area contributed by atoms with Crippen LogP contribution < -0.4 is 10.1 Å². The van der Waals surface area contributed by atoms with Crippen LogP contribution in [0.25, 0.3) is 0 Å². The first kappa shape index (κ1) is 23.0. The number of piperidine rings is 1. The highest BCUT2D eigenvalue weighted by molar-refractivity contribution is 5.94. The Morgan fingerprint density at radius 3 is 2.87 bits per heavy atom. The molecule has 1 aromatic rings. The van der Waals surface area contributed by atoms with E-state index in [9.17, 15) is 9.59 Å². The van der Waals surface area contributed by atoms with Crippen molar-refractivity contribution in [3.63, 3.8) is 0 Å². The Hall–Kier alpha value is -2.72. The molecule has 168 valence electrons. The zero-order valence-corrected chi connectivity index (χ0v) is 19.4. The molecule has 1 N–H and O–H groups in total. The van der Waals surface area contributed by atoms with Gasteiger partial charge in [0.25, 0.3) is 11.8 Å². The van der Waals surface area contributed by atoms with E-state index in [1.165, 1.54) is 0 Å². The summed E-state index contributed by atoms with van der Waals surface area (Å²) in [5.74, 6) is 2.17. The minimum Gasteiger partial charge on any atom is -0.497 e. The molecule has 2 aliphatic rings. The largest absolute Gasteiger partial charge is 0.497 e. The Labute approximate surface area is 185 Å². The van der Waals surface area contributed by atoms with Crippen LogP contribution in [0.1, 0.15) is 57.3 Å². The van der Waals surface area contributed by atoms with Crippen LogP contribution in [0.4, 0.5) is 0 Å². The maximum atomic E-state index is 13.3. The van der Waals surface area contributed by atoms with Crippen LogP contribution in [-0.2, 0) is 4.79 Å². The van der Waals surface area contributed by atoms with Gasteiger partial charge in [0.2, 0.25) is 0 Å². The third kappa shape index (κ3) is 5.13. The Balaban J connectivity index is 1.73. The predicted molar refractivity (Wildman–Crippen MR) is 122 cm³/mol. The molecule has 0 aliphatic carbocycles. The number of amides is 2. The molecule has 31 heavy (non-hydrogen) atoms. The molecule has 2 saturated heterocycles. The van der Waals surface area contributed by atoms with Gasteiger partial charge in [-0.25, -0.2) is 0 Å². The zero-order valence-electron chi connectivity index (χ0n) is 19.4. The zero-order chi connectivity index (χ0) is 22.6. The molecule has 2 aliphatic heterocycles. The summed E-state index contributed by atoms with van der Waals surface area (Å²) in [4.78, 5) is 30.1. The molecule has 2 unspecified atom stereocenters. The van der Waals surface area contributed by atoms with Crippen LogP contribution in [0.3, 0.4) is 0 Å². The van der Waals surface area contributed by atoms with Crippen molar-refractivity contribution in [3.05, 3.63) is 47.5 Å². The number of benzene rings is 1. The number of methoxy groups -OCH3 is 1. The van der Waals surface area contributed by atoms with Gasteiger partial charge in [-0.3, -0.25) is 14.5 Å². The number of allylic oxidation sites excluding steroid dienone is 1. The highest BCUT2D eigenvalue weighted by atomic mass is 16.5. The van der Waals surface area contributed by atoms with E-state index in [1.54, 1.807) is 13.2 Å². The third-order valence-electron chi connectivity index (χ3n) is 6.04. The SMILES string of the molecule is CC=C=C1NC(C)(CC(C)C)C(=O)N1CC1CCCN(C(=O)c2cccc(OC)c2)C1. The second-order valence-electron chi connectivity index (χ2n) is 9.24. The van der Waals surface area contributed by atoms with Crippen molar-refractivity contribution in [1.29, 1.82) is 0 Å². The topological polar surface area (TPSA) is 61.9 Å². The average Bonchev–Trinajstić information content (AvgIpc) is 2.97. The first-order valence-corrected chi connectivity index (χ1v) is 11.2. The molecule has 1 aromatic carbocycles. The molecule has 0 saturated carbocycles. The summed E-state index contributed by atoms with van der Waals surface area (Å²) >= 11 is 0. The lowest BCUT2D eigenvalue weighted by Gasteiger charge is -2.35. The van der Waals surface area contributed by atoms with Gasteiger partial charge in [0, 0.05) is 25.2 Å². The van der Waals surface area contributed by atoms with Crippen LogP contribution >= 0.6 is 0 Å². The van der Waals surface area contributed by atoms with Crippen molar-refractivity contribution in [2.45, 2.75) is 52.5 Å². The van der Waals surface area contributed by atoms with Crippen LogP contribution in [0, 0.1) is 11.8 Å². The fraction of sp³-hybridized carbons (Fsp3) is 0.560. The van der Waals surface area contributed by atoms with Crippen molar-refractivity contribution in [3.8, 4) is 5.75 Å². The van der Waals surface area contributed by atoms with Gasteiger partial charge in [-0.2, -0.15) is 0 Å². The number of carbonyl (C=O) groups is 2. The van der Waals surface area contributed by atoms with Crippen molar-refractivity contribution < 1.29 is 14.3 Å². The monoisotopic (exact) mass is 425 g/mol. The van der Waals surface area contributed by atoms with Crippen molar-refractivity contribution in [2.24, 2.45) is 11.8 Å². The summed E-state index contributed by atoms with van der Waals surface area (Å²) in [6.45, 7) is 10.1. The molecule has 2 atom stereocenters. The second kappa shape index (κ2) is 9.61. The molecule has 2 amide bonds. The number of ether oxygens (including phenoxy) is 1. The molecular formula is C25H35N3O3. The van der Waals surface area contributed by atoms with E-state index in [1.807, 2.05) is 47.9 Å². The molecule has 2 fully saturated rings. The van der Waals surface area contributed by atoms with Crippen molar-refractivity contribution in [1.82, 2.24) is 15.1 Å². The summed E-state index contributed by atoms with van der Waals surface area (Å²) in [7, 11) is 1.60. The molecular weight excluding hydrogens is 390 g/mol. The van der Waals surface area contributed by atoms with E-state index in [0.29, 0.717) is 30.3 Å². The molecule has 6 heteroatoms. The number of rotatable bonds is 6. The standard InChI is InChI=1S/C25H35N3O3/c1-6-9-22-26-25(4,15-18(2)3)24(30)28(22)17-19-10-8-13-27(16-19)23(29)20-11-7-12-21(14-20)31-5/h6-7,11-12,14,18-19,26H,8,10,13,15-17H2,1-5H3. The number of nitrogens with one attached hydrogen (secondary N) is 1. The van der Waals surface area contributed by atoms with E-state index < -0.39 is 5.54 Å². The second-order valence-corrected chi connectivity index (χ2v) is 9.24. The summed E-state index contributed by atoms with van der Waals surface area (Å²) in [5, 5.41) is 3.42. The highest BCUT2D eigenvalue weighted by Gasteiger charge is 2.46. The fourth-order valence-corrected chi connectivity index (χ4v) is 4.76. The Kier molecular flexibility index (Phi) is 7.11. The summed E-state index contributed by atoms with van der Waals surface area (Å²) in [6.07, 6.45) is 4.53. The molecule has 2 heterocycles. The fourth-order valence-electron chi connectivity index (χ4n) is 4.76. The maximum Gasteiger partial charge on any atom is 0.254 e. The van der Waals surface area contributed by atoms with Gasteiger partial charge in [-0.05, 0) is 69.2 Å². The maximum absolute atomic E-state index is 13.3. The highest BCUT2D eigenvalue weighted by Crippen LogP contribution is 2.31. The first-order chi connectivity index (χ1) is 14.8. The lowest BCUT2D eigenvalue weighted by atomic mass is 9.90. The van der Waals surface area contributed by atoms with Gasteiger partial charge in [0.15, 0.2) is 5.82 Å². The number of carbonyl (C=O) groups excluding carboxylic acids is 2. The Morgan fingerprint density at radius 1 is 1.42 bits per heavy atom. The van der Waals surface area contributed by atoms with Crippen molar-refractivity contribution >= 4 is 11.8 Å². The van der Waals surface area contributed by atoms with E-state index >= 15 is 0 Å². The average molecular weight is 426 g/mol. The van der Waals surface area contributed by atoms with Gasteiger partial charge >= 0.3 is 0 Å². The number of hydrogen-bond acceptors (Lipinski definition) is 4. The van der Waals surface area contributed by atoms with Gasteiger partial charge in [-0.1, -0.05) is 25.6 Å². The molecule has 3 rings (SSSR count). The van der Waals surface area contributed by atoms with E-state index in [4.69, 9.17) is 4.74 Å². The minimum atomic E-state index is -0.607. The van der Waals surface area contributed by atoms with Crippen LogP contribution in [0.5, 0.6) is 5.75 Å². The summed E-state index contributed by atoms with van der Waals surface area (Å²) < 4.78 is 5.26. The molecule has 0 radical (unpaired) electrons. The van der Waals surface area contributed by atoms with Gasteiger partial charge in [-0.15, -0.1) is 0 Å². The third-order valence-corrected chi connectivity index (χ3v) is 6.04. The van der Waals surface area contributed by atoms with E-state index in [2.05, 4.69) is 24.9 Å². The lowest BCUT2D eigenvalue weighted by Crippen LogP contribution is -2.47. The molecule has 0 bridgehead atoms. The predicted octanol–water partition coefficient (Wildman–Crippen LogP) is 3.80. The molecule has 0 aromatic heterocycles. The summed E-state index contributed by atoms with van der Waals surface area (Å²) in [6, 6.07) is 7.29. The van der Waals surface area contributed by atoms with E-state index in [0.717, 1.165) is 31.6 Å². The molecule has 6 nitrogen and oxygen atoms in total. The van der Waals surface area contributed by atoms with Crippen LogP contribution in [-0.4, -0.2) is 53.9 Å². The van der Waals surface area contributed by atoms with Crippen LogP contribution in [0.2, 0.25) is 0 Å². The summed E-state index contributed by atoms with van der Waals surface area (Å²) in [5.41, 5.74) is 3.24. The van der Waals surface area contributed by atoms with Gasteiger partial charge in [0.1, 0.15) is 11.3 Å². The quantitative estimate of drug-likeness (QED) is 0.705. The number of nitrogens with zero attached hydrogens (tertiary/aromatic N) is 2. The van der Waals surface area contributed by atoms with Crippen LogP contribution in [0.15, 0.2) is 41.9 Å². The first-order valence-electron chi connectivity index (χ1n) is 11.2. The smallest absolute Gasteiger partial charge is 0.254 e. The van der Waals surface area contributed by atoms with Crippen molar-refractivity contribution in [2.75, 3.05) is 26.7 Å². The number of hydrogen-bond donors (Lipinski definition) is 1. The molecule has 0 spiro atoms. The van der Waals surface area contributed by atoms with Gasteiger partial charge < -0.3 is 15.0 Å². The minimum absolute atomic E-state index is 0.0170. The Bertz CT molecular complexity index is 888.